The molecule has 0 saturated carbocycles. The van der Waals surface area contributed by atoms with E-state index in [1.54, 1.807) is 36.6 Å². The highest BCUT2D eigenvalue weighted by atomic mass is 35.5. The maximum atomic E-state index is 12.9. The van der Waals surface area contributed by atoms with Crippen molar-refractivity contribution in [2.24, 2.45) is 0 Å². The average Bonchev–Trinajstić information content (AvgIpc) is 3.18. The molecule has 0 radical (unpaired) electrons. The number of hydrogen-bond donors (Lipinski definition) is 2. The van der Waals surface area contributed by atoms with Crippen molar-refractivity contribution in [3.8, 4) is 16.9 Å². The third-order valence-electron chi connectivity index (χ3n) is 5.20. The number of imidazole rings is 1. The number of rotatable bonds is 6. The van der Waals surface area contributed by atoms with E-state index in [1.807, 2.05) is 0 Å². The molecule has 0 fully saturated rings. The Morgan fingerprint density at radius 3 is 2.44 bits per heavy atom. The molecule has 0 saturated heterocycles. The second kappa shape index (κ2) is 9.67. The molecule has 5 nitrogen and oxygen atoms in total. The number of halogens is 5. The van der Waals surface area contributed by atoms with Crippen molar-refractivity contribution in [3.05, 3.63) is 76.0 Å². The summed E-state index contributed by atoms with van der Waals surface area (Å²) in [6.45, 7) is -0.283. The van der Waals surface area contributed by atoms with Crippen molar-refractivity contribution >= 4 is 45.4 Å². The number of alkyl halides is 3. The van der Waals surface area contributed by atoms with Gasteiger partial charge in [0.2, 0.25) is 0 Å². The molecule has 0 aliphatic heterocycles. The van der Waals surface area contributed by atoms with Gasteiger partial charge in [-0.2, -0.15) is 0 Å². The van der Waals surface area contributed by atoms with Crippen LogP contribution in [-0.2, 0) is 11.2 Å². The highest BCUT2D eigenvalue weighted by Crippen LogP contribution is 2.44. The first-order valence-corrected chi connectivity index (χ1v) is 12.2. The summed E-state index contributed by atoms with van der Waals surface area (Å²) in [6.07, 6.45) is -3.33. The monoisotopic (exact) mass is 528 g/mol. The van der Waals surface area contributed by atoms with Gasteiger partial charge in [-0.1, -0.05) is 53.5 Å². The van der Waals surface area contributed by atoms with Crippen LogP contribution >= 0.6 is 23.2 Å². The van der Waals surface area contributed by atoms with E-state index < -0.39 is 29.2 Å². The number of H-pyrrole nitrogens is 1. The Labute approximate surface area is 205 Å². The zero-order valence-electron chi connectivity index (χ0n) is 17.5. The number of aliphatic hydroxyl groups is 1. The van der Waals surface area contributed by atoms with Crippen LogP contribution in [0.3, 0.4) is 0 Å². The van der Waals surface area contributed by atoms with Crippen molar-refractivity contribution in [2.75, 3.05) is 12.9 Å². The molecule has 2 atom stereocenters. The Morgan fingerprint density at radius 2 is 1.82 bits per heavy atom. The number of aliphatic hydroxyl groups excluding tert-OH is 1. The van der Waals surface area contributed by atoms with E-state index in [2.05, 4.69) is 14.7 Å². The molecule has 4 aromatic rings. The summed E-state index contributed by atoms with van der Waals surface area (Å²) < 4.78 is 54.5. The van der Waals surface area contributed by atoms with Gasteiger partial charge in [-0.05, 0) is 41.0 Å². The molecule has 2 unspecified atom stereocenters. The number of nitrogens with zero attached hydrogens (tertiary/aromatic N) is 1. The number of nitrogens with one attached hydrogen (secondary N) is 1. The molecule has 0 aliphatic rings. The normalized spacial score (nSPS) is 13.8. The van der Waals surface area contributed by atoms with E-state index >= 15 is 0 Å². The fourth-order valence-corrected chi connectivity index (χ4v) is 4.86. The summed E-state index contributed by atoms with van der Waals surface area (Å²) in [5, 5.41) is 10.2. The van der Waals surface area contributed by atoms with Gasteiger partial charge in [0.15, 0.2) is 4.90 Å². The van der Waals surface area contributed by atoms with Gasteiger partial charge in [0.1, 0.15) is 23.3 Å². The number of para-hydroxylation sites is 1. The third kappa shape index (κ3) is 4.99. The molecule has 0 spiro atoms. The van der Waals surface area contributed by atoms with Crippen LogP contribution in [0.4, 0.5) is 13.2 Å². The first-order valence-electron chi connectivity index (χ1n) is 9.86. The highest BCUT2D eigenvalue weighted by molar-refractivity contribution is 7.90. The van der Waals surface area contributed by atoms with Crippen molar-refractivity contribution < 1.29 is 27.6 Å². The topological polar surface area (TPSA) is 81.2 Å². The fraction of sp³-hybridized carbons (Fsp3) is 0.174. The van der Waals surface area contributed by atoms with E-state index in [0.29, 0.717) is 16.2 Å². The summed E-state index contributed by atoms with van der Waals surface area (Å²) in [5.74, 6) is -0.612. The molecule has 3 aromatic carbocycles. The van der Waals surface area contributed by atoms with E-state index in [-0.39, 0.29) is 33.3 Å². The molecule has 178 valence electrons. The second-order valence-electron chi connectivity index (χ2n) is 7.37. The molecule has 11 heteroatoms. The maximum absolute atomic E-state index is 12.9. The molecule has 4 rings (SSSR count). The predicted molar refractivity (Wildman–Crippen MR) is 126 cm³/mol. The van der Waals surface area contributed by atoms with Crippen LogP contribution in [0.1, 0.15) is 17.3 Å². The lowest BCUT2D eigenvalue weighted by atomic mass is 9.99. The van der Waals surface area contributed by atoms with E-state index in [0.717, 1.165) is 5.56 Å². The zero-order valence-corrected chi connectivity index (χ0v) is 19.8. The Hall–Kier alpha value is -2.43. The molecule has 1 heterocycles. The zero-order chi connectivity index (χ0) is 24.6. The molecule has 0 bridgehead atoms. The largest absolute Gasteiger partial charge is 0.612 e. The first-order chi connectivity index (χ1) is 16.1. The van der Waals surface area contributed by atoms with Crippen LogP contribution in [0.25, 0.3) is 22.2 Å². The van der Waals surface area contributed by atoms with E-state index in [4.69, 9.17) is 23.2 Å². The van der Waals surface area contributed by atoms with Crippen molar-refractivity contribution in [1.82, 2.24) is 9.97 Å². The van der Waals surface area contributed by atoms with Crippen LogP contribution in [0.5, 0.6) is 5.75 Å². The quantitative estimate of drug-likeness (QED) is 0.288. The molecular weight excluding hydrogens is 512 g/mol. The average molecular weight is 529 g/mol. The minimum absolute atomic E-state index is 0.0386. The number of aromatic amines is 1. The summed E-state index contributed by atoms with van der Waals surface area (Å²) >= 11 is 11.9. The lowest BCUT2D eigenvalue weighted by Gasteiger charge is -2.15. The summed E-state index contributed by atoms with van der Waals surface area (Å²) in [6, 6.07) is 13.9. The van der Waals surface area contributed by atoms with E-state index in [1.165, 1.54) is 24.3 Å². The van der Waals surface area contributed by atoms with Crippen molar-refractivity contribution in [3.63, 3.8) is 0 Å². The molecule has 1 aromatic heterocycles. The van der Waals surface area contributed by atoms with Crippen LogP contribution in [0, 0.1) is 0 Å². The smallest absolute Gasteiger partial charge is 0.573 e. The molecule has 2 N–H and O–H groups in total. The number of ether oxygens (including phenoxy) is 1. The molecule has 34 heavy (non-hydrogen) atoms. The van der Waals surface area contributed by atoms with Crippen molar-refractivity contribution in [1.29, 1.82) is 0 Å². The summed E-state index contributed by atoms with van der Waals surface area (Å²) in [5.41, 5.74) is 1.66. The molecular formula is C23H17Cl2F3N2O3S. The SMILES string of the molecule is C[S+]([O-])c1ccc(C(CO)c2nc3c(Cl)c(-c4ccccc4OC(F)(F)F)c(Cl)cc3[nH]2)cc1. The van der Waals surface area contributed by atoms with Gasteiger partial charge < -0.3 is 19.4 Å². The molecule has 0 aliphatic carbocycles. The number of benzene rings is 3. The number of hydrogen-bond acceptors (Lipinski definition) is 4. The fourth-order valence-electron chi connectivity index (χ4n) is 3.64. The summed E-state index contributed by atoms with van der Waals surface area (Å²) in [7, 11) is 0. The van der Waals surface area contributed by atoms with Crippen LogP contribution in [0.15, 0.2) is 59.5 Å². The summed E-state index contributed by atoms with van der Waals surface area (Å²) in [4.78, 5) is 8.25. The lowest BCUT2D eigenvalue weighted by molar-refractivity contribution is -0.274. The predicted octanol–water partition coefficient (Wildman–Crippen LogP) is 6.30. The Morgan fingerprint density at radius 1 is 1.15 bits per heavy atom. The van der Waals surface area contributed by atoms with Gasteiger partial charge in [0.25, 0.3) is 0 Å². The van der Waals surface area contributed by atoms with Crippen LogP contribution in [0.2, 0.25) is 10.0 Å². The second-order valence-corrected chi connectivity index (χ2v) is 9.53. The first kappa shape index (κ1) is 24.7. The standard InChI is InChI=1S/C23H17Cl2F3N2O3S/c1-34(32)13-8-6-12(7-9-13)15(11-31)22-29-17-10-16(24)19(20(25)21(17)30-22)14-4-2-3-5-18(14)33-23(26,27)28/h2-10,15,31H,11H2,1H3,(H,29,30). The Bertz CT molecular complexity index is 1330. The minimum Gasteiger partial charge on any atom is -0.612 e. The minimum atomic E-state index is -4.90. The van der Waals surface area contributed by atoms with Gasteiger partial charge >= 0.3 is 6.36 Å². The van der Waals surface area contributed by atoms with Crippen LogP contribution in [-0.4, -0.2) is 38.9 Å². The van der Waals surface area contributed by atoms with Gasteiger partial charge in [-0.3, -0.25) is 0 Å². The Kier molecular flexibility index (Phi) is 7.02. The lowest BCUT2D eigenvalue weighted by Crippen LogP contribution is -2.17. The Balaban J connectivity index is 1.80. The number of aromatic nitrogens is 2. The van der Waals surface area contributed by atoms with E-state index in [9.17, 15) is 22.8 Å². The third-order valence-corrected chi connectivity index (χ3v) is 6.80. The number of fused-ring (bicyclic) bond motifs is 1. The van der Waals surface area contributed by atoms with Crippen LogP contribution < -0.4 is 4.74 Å². The van der Waals surface area contributed by atoms with Crippen molar-refractivity contribution in [2.45, 2.75) is 17.2 Å². The van der Waals surface area contributed by atoms with Gasteiger partial charge in [0, 0.05) is 11.1 Å². The molecule has 0 amide bonds. The van der Waals surface area contributed by atoms with Gasteiger partial charge in [-0.15, -0.1) is 13.2 Å². The maximum Gasteiger partial charge on any atom is 0.573 e. The van der Waals surface area contributed by atoms with Gasteiger partial charge in [-0.25, -0.2) is 4.98 Å². The van der Waals surface area contributed by atoms with Gasteiger partial charge in [0.05, 0.1) is 28.1 Å². The highest BCUT2D eigenvalue weighted by Gasteiger charge is 2.33.